The number of rotatable bonds is 18. The van der Waals surface area contributed by atoms with E-state index in [1.807, 2.05) is 105 Å². The van der Waals surface area contributed by atoms with E-state index in [-0.39, 0.29) is 12.6 Å². The highest BCUT2D eigenvalue weighted by atomic mass is 32.2. The predicted molar refractivity (Wildman–Crippen MR) is 303 cm³/mol. The summed E-state index contributed by atoms with van der Waals surface area (Å²) < 4.78 is 62.9. The number of ketones is 1. The average molecular weight is 1070 g/mol. The van der Waals surface area contributed by atoms with Crippen LogP contribution in [0.1, 0.15) is 86.6 Å². The minimum absolute atomic E-state index is 0. The molecule has 0 aliphatic rings. The summed E-state index contributed by atoms with van der Waals surface area (Å²) in [7, 11) is -6.51. The highest BCUT2D eigenvalue weighted by Gasteiger charge is 2.28. The lowest BCUT2D eigenvalue weighted by atomic mass is 9.87. The number of pyridine rings is 3. The van der Waals surface area contributed by atoms with Gasteiger partial charge < -0.3 is 40.4 Å². The van der Waals surface area contributed by atoms with E-state index in [4.69, 9.17) is 21.9 Å². The van der Waals surface area contributed by atoms with Crippen LogP contribution in [0.4, 0.5) is 17.5 Å². The van der Waals surface area contributed by atoms with Gasteiger partial charge in [0.05, 0.1) is 45.6 Å². The number of nitrogen functional groups attached to an aromatic ring is 3. The van der Waals surface area contributed by atoms with Crippen LogP contribution < -0.4 is 26.6 Å². The molecule has 0 aliphatic carbocycles. The molecule has 0 amide bonds. The first-order valence-corrected chi connectivity index (χ1v) is 28.7. The number of carbonyl (C=O) groups is 1. The van der Waals surface area contributed by atoms with Gasteiger partial charge >= 0.3 is 0 Å². The lowest BCUT2D eigenvalue weighted by molar-refractivity contribution is -0.119. The summed E-state index contributed by atoms with van der Waals surface area (Å²) >= 11 is 0. The third-order valence-electron chi connectivity index (χ3n) is 12.4. The standard InChI is InChI=1S/C18H25N5O3S.C18H22N4O.C17H23N5O2S.H2/c1-5-26-10-14-21-15-16(12-8-6-7-9-13(12)20-17(15)19)23(14)11-18(2,3)22-27(4,24)25;1-11(23)9-18(3,4)10-22-12(2)20-15-16(22)13-7-5-6-8-14(13)21-17(15)19;1-3-14-21-15-16(12-8-4-5-9-13(12)20-17(15)18)22(14)11-7-6-10-19-25(2,23)24;/h6-9,22H,5,10-11H2,1-4H3,(H2,19,20);5-8H,9-10H2,1-4H3,(H2,19,21);4-5,8-9,19H,3,6-7,10-11H2,1-2H3,(H2,18,20);1H. The number of unbranched alkanes of at least 4 members (excludes halogenated alkanes) is 1. The summed E-state index contributed by atoms with van der Waals surface area (Å²) in [5.41, 5.74) is 24.9. The minimum atomic E-state index is -3.37. The number of para-hydroxylation sites is 3. The van der Waals surface area contributed by atoms with E-state index in [2.05, 4.69) is 69.3 Å². The zero-order valence-corrected chi connectivity index (χ0v) is 46.2. The molecule has 9 rings (SSSR count). The quantitative estimate of drug-likeness (QED) is 0.0512. The number of nitrogens with one attached hydrogen (secondary N) is 2. The Bertz CT molecular complexity index is 3800. The zero-order chi connectivity index (χ0) is 54.6. The van der Waals surface area contributed by atoms with Gasteiger partial charge in [0.25, 0.3) is 0 Å². The van der Waals surface area contributed by atoms with Crippen molar-refractivity contribution in [2.45, 2.75) is 113 Å². The van der Waals surface area contributed by atoms with Crippen molar-refractivity contribution < 1.29 is 27.8 Å². The molecule has 0 bridgehead atoms. The number of carbonyl (C=O) groups excluding carboxylic acids is 1. The first-order valence-electron chi connectivity index (χ1n) is 24.9. The molecule has 0 radical (unpaired) electrons. The van der Waals surface area contributed by atoms with Crippen molar-refractivity contribution in [1.82, 2.24) is 53.0 Å². The molecule has 20 nitrogen and oxygen atoms in total. The van der Waals surface area contributed by atoms with Gasteiger partial charge in [0, 0.05) is 68.8 Å². The maximum atomic E-state index is 11.8. The second-order valence-corrected chi connectivity index (χ2v) is 23.9. The smallest absolute Gasteiger partial charge is 0.209 e. The molecule has 0 fully saturated rings. The Morgan fingerprint density at radius 3 is 1.57 bits per heavy atom. The molecule has 75 heavy (non-hydrogen) atoms. The van der Waals surface area contributed by atoms with Crippen LogP contribution >= 0.6 is 0 Å². The summed E-state index contributed by atoms with van der Waals surface area (Å²) in [4.78, 5) is 38.9. The number of imidazole rings is 3. The predicted octanol–water partition coefficient (Wildman–Crippen LogP) is 7.82. The van der Waals surface area contributed by atoms with Crippen molar-refractivity contribution in [2.24, 2.45) is 5.41 Å². The van der Waals surface area contributed by atoms with E-state index in [1.54, 1.807) is 6.92 Å². The van der Waals surface area contributed by atoms with Crippen molar-refractivity contribution in [2.75, 3.05) is 42.9 Å². The number of anilines is 3. The van der Waals surface area contributed by atoms with E-state index < -0.39 is 25.6 Å². The maximum Gasteiger partial charge on any atom is 0.209 e. The van der Waals surface area contributed by atoms with Gasteiger partial charge in [-0.2, -0.15) is 0 Å². The van der Waals surface area contributed by atoms with Gasteiger partial charge in [-0.05, 0) is 71.1 Å². The summed E-state index contributed by atoms with van der Waals surface area (Å²) in [6.45, 7) is 18.6. The Hall–Kier alpha value is -6.85. The van der Waals surface area contributed by atoms with Crippen LogP contribution in [0.5, 0.6) is 0 Å². The van der Waals surface area contributed by atoms with Gasteiger partial charge in [-0.1, -0.05) is 75.4 Å². The molecule has 0 saturated heterocycles. The summed E-state index contributed by atoms with van der Waals surface area (Å²) in [5, 5.41) is 2.98. The van der Waals surface area contributed by atoms with Crippen molar-refractivity contribution in [3.05, 3.63) is 90.3 Å². The summed E-state index contributed by atoms with van der Waals surface area (Å²) in [6, 6.07) is 23.5. The fourth-order valence-electron chi connectivity index (χ4n) is 9.70. The molecule has 0 aliphatic heterocycles. The average Bonchev–Trinajstić information content (AvgIpc) is 3.99. The first kappa shape index (κ1) is 55.9. The summed E-state index contributed by atoms with van der Waals surface area (Å²) in [5.74, 6) is 3.97. The van der Waals surface area contributed by atoms with Crippen molar-refractivity contribution in [3.8, 4) is 0 Å². The number of nitrogens with two attached hydrogens (primary N) is 3. The Labute approximate surface area is 439 Å². The molecule has 8 N–H and O–H groups in total. The van der Waals surface area contributed by atoms with Crippen molar-refractivity contribution in [1.29, 1.82) is 0 Å². The van der Waals surface area contributed by atoms with Crippen LogP contribution in [0.2, 0.25) is 0 Å². The number of Topliss-reactive ketones (excluding diaryl/α,β-unsaturated/α-hetero) is 1. The molecule has 402 valence electrons. The number of sulfonamides is 2. The van der Waals surface area contributed by atoms with E-state index in [0.717, 1.165) is 104 Å². The lowest BCUT2D eigenvalue weighted by Gasteiger charge is -2.27. The molecule has 0 spiro atoms. The largest absolute Gasteiger partial charge is 0.382 e. The van der Waals surface area contributed by atoms with Crippen LogP contribution in [0, 0.1) is 12.3 Å². The van der Waals surface area contributed by atoms with Crippen LogP contribution in [0.25, 0.3) is 65.8 Å². The van der Waals surface area contributed by atoms with Gasteiger partial charge in [-0.15, -0.1) is 0 Å². The molecular formula is C53H72N14O6S2. The van der Waals surface area contributed by atoms with Crippen molar-refractivity contribution >= 4 is 109 Å². The highest BCUT2D eigenvalue weighted by Crippen LogP contribution is 2.34. The van der Waals surface area contributed by atoms with E-state index in [9.17, 15) is 21.6 Å². The number of ether oxygens (including phenoxy) is 1. The monoisotopic (exact) mass is 1060 g/mol. The fraction of sp³-hybridized carbons (Fsp3) is 0.415. The topological polar surface area (TPSA) is 289 Å². The molecule has 6 aromatic heterocycles. The SMILES string of the molecule is CC(=O)CC(C)(C)Cn1c(C)nc2c(N)nc3ccccc3c21.CCOCc1nc2c(N)nc3ccccc3c2n1CC(C)(C)NS(C)(=O)=O.CCc1nc2c(N)nc3ccccc3c2n1CCCCNS(C)(=O)=O.[HH]. The molecule has 0 atom stereocenters. The Kier molecular flexibility index (Phi) is 16.8. The minimum Gasteiger partial charge on any atom is -0.382 e. The van der Waals surface area contributed by atoms with Gasteiger partial charge in [0.1, 0.15) is 46.4 Å². The van der Waals surface area contributed by atoms with Gasteiger partial charge in [-0.3, -0.25) is 0 Å². The second kappa shape index (κ2) is 22.6. The fourth-order valence-corrected chi connectivity index (χ4v) is 11.3. The van der Waals surface area contributed by atoms with Gasteiger partial charge in [0.2, 0.25) is 20.0 Å². The Balaban J connectivity index is 0.000000184. The van der Waals surface area contributed by atoms with E-state index >= 15 is 0 Å². The molecule has 0 unspecified atom stereocenters. The number of hydrogen-bond acceptors (Lipinski definition) is 15. The van der Waals surface area contributed by atoms with Crippen molar-refractivity contribution in [3.63, 3.8) is 0 Å². The van der Waals surface area contributed by atoms with Gasteiger partial charge in [-0.25, -0.2) is 56.2 Å². The zero-order valence-electron chi connectivity index (χ0n) is 44.5. The maximum absolute atomic E-state index is 11.8. The number of fused-ring (bicyclic) bond motifs is 9. The normalized spacial score (nSPS) is 12.5. The first-order chi connectivity index (χ1) is 35.3. The van der Waals surface area contributed by atoms with Crippen LogP contribution in [0.15, 0.2) is 72.8 Å². The van der Waals surface area contributed by atoms with Gasteiger partial charge in [0.15, 0.2) is 17.5 Å². The third kappa shape index (κ3) is 13.3. The number of hydrogen-bond donors (Lipinski definition) is 5. The molecular weight excluding hydrogens is 993 g/mol. The summed E-state index contributed by atoms with van der Waals surface area (Å²) in [6.07, 6.45) is 5.26. The molecule has 3 aromatic carbocycles. The number of aryl methyl sites for hydroxylation is 3. The third-order valence-corrected chi connectivity index (χ3v) is 14.1. The Morgan fingerprint density at radius 2 is 1.11 bits per heavy atom. The number of nitrogens with zero attached hydrogens (tertiary/aromatic N) is 9. The number of benzene rings is 3. The second-order valence-electron chi connectivity index (χ2n) is 20.3. The van der Waals surface area contributed by atoms with Crippen LogP contribution in [-0.4, -0.2) is 97.4 Å². The van der Waals surface area contributed by atoms with Crippen LogP contribution in [-0.2, 0) is 62.2 Å². The molecule has 9 aromatic rings. The molecule has 6 heterocycles. The highest BCUT2D eigenvalue weighted by molar-refractivity contribution is 7.89. The van der Waals surface area contributed by atoms with E-state index in [1.165, 1.54) is 6.26 Å². The molecule has 22 heteroatoms. The lowest BCUT2D eigenvalue weighted by Crippen LogP contribution is -2.46. The Morgan fingerprint density at radius 1 is 0.640 bits per heavy atom. The van der Waals surface area contributed by atoms with Crippen LogP contribution in [0.3, 0.4) is 0 Å². The molecule has 0 saturated carbocycles. The number of aromatic nitrogens is 9. The van der Waals surface area contributed by atoms with E-state index in [0.29, 0.717) is 68.1 Å².